The van der Waals surface area contributed by atoms with Gasteiger partial charge in [-0.25, -0.2) is 0 Å². The van der Waals surface area contributed by atoms with Crippen LogP contribution >= 0.6 is 0 Å². The van der Waals surface area contributed by atoms with Crippen LogP contribution in [-0.4, -0.2) is 67.7 Å². The van der Waals surface area contributed by atoms with Gasteiger partial charge in [0, 0.05) is 51.6 Å². The van der Waals surface area contributed by atoms with Gasteiger partial charge >= 0.3 is 11.8 Å². The molecule has 3 N–H and O–H groups in total. The molecular formula is C21H28N4O4. The van der Waals surface area contributed by atoms with Crippen LogP contribution in [0.15, 0.2) is 53.1 Å². The summed E-state index contributed by atoms with van der Waals surface area (Å²) in [6, 6.07) is 13.9. The van der Waals surface area contributed by atoms with Crippen LogP contribution in [0.1, 0.15) is 18.2 Å². The first-order chi connectivity index (χ1) is 14.2. The lowest BCUT2D eigenvalue weighted by Crippen LogP contribution is -2.50. The molecule has 0 bridgehead atoms. The molecule has 8 nitrogen and oxygen atoms in total. The molecule has 0 radical (unpaired) electrons. The van der Waals surface area contributed by atoms with Crippen molar-refractivity contribution < 1.29 is 19.1 Å². The molecule has 0 spiro atoms. The van der Waals surface area contributed by atoms with Crippen molar-refractivity contribution in [2.24, 2.45) is 0 Å². The van der Waals surface area contributed by atoms with Crippen molar-refractivity contribution in [1.82, 2.24) is 15.5 Å². The Kier molecular flexibility index (Phi) is 7.66. The molecule has 1 fully saturated rings. The van der Waals surface area contributed by atoms with Gasteiger partial charge in [-0.05, 0) is 30.7 Å². The van der Waals surface area contributed by atoms with Gasteiger partial charge in [-0.1, -0.05) is 18.2 Å². The zero-order valence-corrected chi connectivity index (χ0v) is 16.4. The molecule has 1 unspecified atom stereocenters. The van der Waals surface area contributed by atoms with E-state index in [1.807, 2.05) is 30.3 Å². The number of furan rings is 1. The lowest BCUT2D eigenvalue weighted by atomic mass is 10.1. The van der Waals surface area contributed by atoms with E-state index in [9.17, 15) is 9.59 Å². The van der Waals surface area contributed by atoms with Gasteiger partial charge in [0.2, 0.25) is 0 Å². The van der Waals surface area contributed by atoms with E-state index in [1.165, 1.54) is 5.69 Å². The fourth-order valence-corrected chi connectivity index (χ4v) is 3.45. The Morgan fingerprint density at radius 2 is 1.72 bits per heavy atom. The molecule has 1 aliphatic heterocycles. The Balaban J connectivity index is 1.56. The predicted molar refractivity (Wildman–Crippen MR) is 109 cm³/mol. The van der Waals surface area contributed by atoms with E-state index in [1.54, 1.807) is 6.26 Å². The first-order valence-electron chi connectivity index (χ1n) is 9.93. The van der Waals surface area contributed by atoms with Crippen molar-refractivity contribution in [2.45, 2.75) is 12.5 Å². The number of carbonyl (C=O) groups is 2. The average molecular weight is 400 g/mol. The maximum atomic E-state index is 12.1. The number of rotatable bonds is 8. The average Bonchev–Trinajstić information content (AvgIpc) is 3.29. The summed E-state index contributed by atoms with van der Waals surface area (Å²) in [5, 5.41) is 14.0. The molecule has 156 valence electrons. The molecule has 8 heteroatoms. The van der Waals surface area contributed by atoms with E-state index in [2.05, 4.69) is 32.6 Å². The van der Waals surface area contributed by atoms with E-state index >= 15 is 0 Å². The van der Waals surface area contributed by atoms with E-state index < -0.39 is 11.8 Å². The summed E-state index contributed by atoms with van der Waals surface area (Å²) in [6.45, 7) is 3.90. The number of piperazine rings is 1. The fourth-order valence-electron chi connectivity index (χ4n) is 3.45. The molecule has 29 heavy (non-hydrogen) atoms. The first-order valence-corrected chi connectivity index (χ1v) is 9.93. The van der Waals surface area contributed by atoms with Crippen molar-refractivity contribution in [1.29, 1.82) is 0 Å². The van der Waals surface area contributed by atoms with E-state index in [0.29, 0.717) is 6.42 Å². The largest absolute Gasteiger partial charge is 0.468 e. The minimum absolute atomic E-state index is 0.0303. The number of aliphatic hydroxyl groups excluding tert-OH is 1. The van der Waals surface area contributed by atoms with Crippen LogP contribution in [0.5, 0.6) is 0 Å². The number of hydrogen-bond donors (Lipinski definition) is 3. The van der Waals surface area contributed by atoms with Crippen molar-refractivity contribution in [3.63, 3.8) is 0 Å². The minimum Gasteiger partial charge on any atom is -0.468 e. The lowest BCUT2D eigenvalue weighted by Gasteiger charge is -2.39. The molecule has 2 amide bonds. The van der Waals surface area contributed by atoms with Crippen molar-refractivity contribution in [3.05, 3.63) is 54.5 Å². The van der Waals surface area contributed by atoms with Gasteiger partial charge in [-0.3, -0.25) is 14.5 Å². The quantitative estimate of drug-likeness (QED) is 0.447. The molecule has 1 saturated heterocycles. The number of nitrogens with zero attached hydrogens (tertiary/aromatic N) is 2. The molecule has 0 saturated carbocycles. The van der Waals surface area contributed by atoms with E-state index in [4.69, 9.17) is 9.52 Å². The number of hydrogen-bond acceptors (Lipinski definition) is 6. The summed E-state index contributed by atoms with van der Waals surface area (Å²) in [7, 11) is 0. The summed E-state index contributed by atoms with van der Waals surface area (Å²) < 4.78 is 5.60. The van der Waals surface area contributed by atoms with Crippen molar-refractivity contribution in [2.75, 3.05) is 50.8 Å². The maximum Gasteiger partial charge on any atom is 0.309 e. The summed E-state index contributed by atoms with van der Waals surface area (Å²) >= 11 is 0. The number of nitrogens with one attached hydrogen (secondary N) is 2. The maximum absolute atomic E-state index is 12.1. The van der Waals surface area contributed by atoms with Crippen molar-refractivity contribution in [3.8, 4) is 0 Å². The number of amides is 2. The van der Waals surface area contributed by atoms with Gasteiger partial charge in [-0.15, -0.1) is 0 Å². The number of aliphatic hydroxyl groups is 1. The van der Waals surface area contributed by atoms with Crippen LogP contribution in [-0.2, 0) is 9.59 Å². The number of benzene rings is 1. The standard InChI is InChI=1S/C21H28N4O4/c26-14-5-9-22-20(27)21(28)23-16-18(19-8-4-15-29-19)25-12-10-24(11-13-25)17-6-2-1-3-7-17/h1-4,6-8,15,18,26H,5,9-14,16H2,(H,22,27)(H,23,28). The number of para-hydroxylation sites is 1. The SMILES string of the molecule is O=C(NCCCO)C(=O)NCC(c1ccco1)N1CCN(c2ccccc2)CC1. The molecule has 1 aromatic carbocycles. The van der Waals surface area contributed by atoms with Crippen LogP contribution in [0.4, 0.5) is 5.69 Å². The highest BCUT2D eigenvalue weighted by atomic mass is 16.3. The molecule has 2 heterocycles. The van der Waals surface area contributed by atoms with Crippen LogP contribution in [0, 0.1) is 0 Å². The molecular weight excluding hydrogens is 372 g/mol. The third-order valence-corrected chi connectivity index (χ3v) is 5.03. The molecule has 2 aromatic rings. The van der Waals surface area contributed by atoms with Gasteiger partial charge in [0.15, 0.2) is 0 Å². The zero-order valence-electron chi connectivity index (χ0n) is 16.4. The third kappa shape index (κ3) is 5.82. The van der Waals surface area contributed by atoms with Gasteiger partial charge in [0.25, 0.3) is 0 Å². The van der Waals surface area contributed by atoms with E-state index in [-0.39, 0.29) is 25.7 Å². The number of carbonyl (C=O) groups excluding carboxylic acids is 2. The predicted octanol–water partition coefficient (Wildman–Crippen LogP) is 0.758. The molecule has 1 aliphatic rings. The molecule has 0 aliphatic carbocycles. The van der Waals surface area contributed by atoms with E-state index in [0.717, 1.165) is 31.9 Å². The second-order valence-corrected chi connectivity index (χ2v) is 6.93. The third-order valence-electron chi connectivity index (χ3n) is 5.03. The topological polar surface area (TPSA) is 98.0 Å². The lowest BCUT2D eigenvalue weighted by molar-refractivity contribution is -0.139. The number of anilines is 1. The van der Waals surface area contributed by atoms with Crippen LogP contribution in [0.2, 0.25) is 0 Å². The van der Waals surface area contributed by atoms with Crippen molar-refractivity contribution >= 4 is 17.5 Å². The molecule has 1 atom stereocenters. The monoisotopic (exact) mass is 400 g/mol. The summed E-state index contributed by atoms with van der Waals surface area (Å²) in [6.07, 6.45) is 2.03. The smallest absolute Gasteiger partial charge is 0.309 e. The molecule has 1 aromatic heterocycles. The Labute approximate surface area is 170 Å². The fraction of sp³-hybridized carbons (Fsp3) is 0.429. The van der Waals surface area contributed by atoms with Gasteiger partial charge in [0.05, 0.1) is 12.3 Å². The highest BCUT2D eigenvalue weighted by Crippen LogP contribution is 2.24. The minimum atomic E-state index is -0.689. The molecule has 3 rings (SSSR count). The zero-order chi connectivity index (χ0) is 20.5. The summed E-state index contributed by atoms with van der Waals surface area (Å²) in [5.41, 5.74) is 1.20. The first kappa shape index (κ1) is 20.9. The van der Waals surface area contributed by atoms with Crippen LogP contribution < -0.4 is 15.5 Å². The normalized spacial score (nSPS) is 15.7. The second kappa shape index (κ2) is 10.6. The van der Waals surface area contributed by atoms with Gasteiger partial charge < -0.3 is 25.1 Å². The Hall–Kier alpha value is -2.84. The summed E-state index contributed by atoms with van der Waals surface area (Å²) in [5.74, 6) is -0.605. The Morgan fingerprint density at radius 1 is 1.00 bits per heavy atom. The van der Waals surface area contributed by atoms with Gasteiger partial charge in [-0.2, -0.15) is 0 Å². The highest BCUT2D eigenvalue weighted by Gasteiger charge is 2.28. The van der Waals surface area contributed by atoms with Crippen LogP contribution in [0.3, 0.4) is 0 Å². The highest BCUT2D eigenvalue weighted by molar-refractivity contribution is 6.35. The Morgan fingerprint density at radius 3 is 2.38 bits per heavy atom. The Bertz CT molecular complexity index is 758. The van der Waals surface area contributed by atoms with Crippen LogP contribution in [0.25, 0.3) is 0 Å². The summed E-state index contributed by atoms with van der Waals surface area (Å²) in [4.78, 5) is 28.5. The second-order valence-electron chi connectivity index (χ2n) is 6.93. The van der Waals surface area contributed by atoms with Gasteiger partial charge in [0.1, 0.15) is 5.76 Å².